The number of nitrogens with one attached hydrogen (secondary N) is 1. The number of aryl methyl sites for hydroxylation is 1. The molecule has 1 heterocycles. The highest BCUT2D eigenvalue weighted by Gasteiger charge is 2.16. The molecule has 0 spiro atoms. The number of anilines is 1. The summed E-state index contributed by atoms with van der Waals surface area (Å²) < 4.78 is 4.69. The van der Waals surface area contributed by atoms with Crippen LogP contribution < -0.4 is 5.32 Å². The highest BCUT2D eigenvalue weighted by molar-refractivity contribution is 5.93. The minimum absolute atomic E-state index is 0.0641. The topological polar surface area (TPSA) is 58.6 Å². The molecule has 1 aliphatic heterocycles. The molecule has 0 bridgehead atoms. The molecule has 0 radical (unpaired) electrons. The third-order valence-electron chi connectivity index (χ3n) is 3.78. The van der Waals surface area contributed by atoms with Crippen LogP contribution in [-0.2, 0) is 4.74 Å². The van der Waals surface area contributed by atoms with Crippen LogP contribution in [0.3, 0.4) is 0 Å². The first-order valence-electron chi connectivity index (χ1n) is 7.36. The lowest BCUT2D eigenvalue weighted by atomic mass is 10.1. The first-order chi connectivity index (χ1) is 10.1. The number of methoxy groups -OCH3 is 1. The van der Waals surface area contributed by atoms with E-state index in [-0.39, 0.29) is 12.0 Å². The molecule has 0 saturated carbocycles. The maximum Gasteiger partial charge on any atom is 0.337 e. The molecule has 1 aromatic rings. The molecular formula is C16H22N2O3. The Bertz CT molecular complexity index is 520. The van der Waals surface area contributed by atoms with Crippen molar-refractivity contribution in [3.63, 3.8) is 0 Å². The SMILES string of the molecule is COC(=O)c1ccc(NC(=O)N2CCCCCC2)c(C)c1. The molecule has 1 N–H and O–H groups in total. The fourth-order valence-electron chi connectivity index (χ4n) is 2.52. The minimum Gasteiger partial charge on any atom is -0.465 e. The molecule has 114 valence electrons. The zero-order valence-electron chi connectivity index (χ0n) is 12.6. The molecule has 0 unspecified atom stereocenters. The number of benzene rings is 1. The van der Waals surface area contributed by atoms with Gasteiger partial charge < -0.3 is 15.0 Å². The molecule has 2 amide bonds. The number of carbonyl (C=O) groups excluding carboxylic acids is 2. The predicted octanol–water partition coefficient (Wildman–Crippen LogP) is 3.19. The van der Waals surface area contributed by atoms with E-state index in [0.29, 0.717) is 5.56 Å². The van der Waals surface area contributed by atoms with Crippen LogP contribution in [0.4, 0.5) is 10.5 Å². The lowest BCUT2D eigenvalue weighted by molar-refractivity contribution is 0.0600. The quantitative estimate of drug-likeness (QED) is 0.851. The Balaban J connectivity index is 2.05. The smallest absolute Gasteiger partial charge is 0.337 e. The number of hydrogen-bond donors (Lipinski definition) is 1. The zero-order chi connectivity index (χ0) is 15.2. The molecule has 21 heavy (non-hydrogen) atoms. The molecule has 1 fully saturated rings. The third kappa shape index (κ3) is 3.97. The van der Waals surface area contributed by atoms with Crippen LogP contribution in [0.5, 0.6) is 0 Å². The number of carbonyl (C=O) groups is 2. The van der Waals surface area contributed by atoms with Crippen LogP contribution in [0, 0.1) is 6.92 Å². The summed E-state index contributed by atoms with van der Waals surface area (Å²) in [5.41, 5.74) is 2.07. The Morgan fingerprint density at radius 3 is 2.38 bits per heavy atom. The molecule has 1 aliphatic rings. The fourth-order valence-corrected chi connectivity index (χ4v) is 2.52. The number of likely N-dealkylation sites (tertiary alicyclic amines) is 1. The third-order valence-corrected chi connectivity index (χ3v) is 3.78. The van der Waals surface area contributed by atoms with Crippen molar-refractivity contribution in [1.82, 2.24) is 4.90 Å². The van der Waals surface area contributed by atoms with E-state index in [1.54, 1.807) is 18.2 Å². The molecule has 0 atom stereocenters. The van der Waals surface area contributed by atoms with Crippen molar-refractivity contribution in [3.8, 4) is 0 Å². The number of rotatable bonds is 2. The first kappa shape index (κ1) is 15.4. The Hall–Kier alpha value is -2.04. The van der Waals surface area contributed by atoms with Crippen molar-refractivity contribution in [2.24, 2.45) is 0 Å². The maximum atomic E-state index is 12.3. The van der Waals surface area contributed by atoms with Crippen molar-refractivity contribution < 1.29 is 14.3 Å². The van der Waals surface area contributed by atoms with E-state index in [0.717, 1.165) is 37.2 Å². The average molecular weight is 290 g/mol. The van der Waals surface area contributed by atoms with Gasteiger partial charge in [-0.05, 0) is 43.5 Å². The monoisotopic (exact) mass is 290 g/mol. The summed E-state index contributed by atoms with van der Waals surface area (Å²) >= 11 is 0. The van der Waals surface area contributed by atoms with Crippen LogP contribution >= 0.6 is 0 Å². The number of nitrogens with zero attached hydrogens (tertiary/aromatic N) is 1. The van der Waals surface area contributed by atoms with Gasteiger partial charge in [-0.1, -0.05) is 12.8 Å². The summed E-state index contributed by atoms with van der Waals surface area (Å²) in [6.45, 7) is 3.49. The van der Waals surface area contributed by atoms with Gasteiger partial charge in [0.1, 0.15) is 0 Å². The number of ether oxygens (including phenoxy) is 1. The van der Waals surface area contributed by atoms with Gasteiger partial charge in [-0.25, -0.2) is 9.59 Å². The van der Waals surface area contributed by atoms with E-state index in [4.69, 9.17) is 0 Å². The average Bonchev–Trinajstić information content (AvgIpc) is 2.77. The maximum absolute atomic E-state index is 12.3. The van der Waals surface area contributed by atoms with Gasteiger partial charge in [-0.2, -0.15) is 0 Å². The standard InChI is InChI=1S/C16H22N2O3/c1-12-11-13(15(19)21-2)7-8-14(12)17-16(20)18-9-5-3-4-6-10-18/h7-8,11H,3-6,9-10H2,1-2H3,(H,17,20). The number of amides is 2. The van der Waals surface area contributed by atoms with Gasteiger partial charge in [0.2, 0.25) is 0 Å². The summed E-state index contributed by atoms with van der Waals surface area (Å²) in [7, 11) is 1.35. The second kappa shape index (κ2) is 7.11. The molecule has 1 aromatic carbocycles. The molecule has 0 aromatic heterocycles. The minimum atomic E-state index is -0.372. The van der Waals surface area contributed by atoms with Crippen molar-refractivity contribution in [3.05, 3.63) is 29.3 Å². The lowest BCUT2D eigenvalue weighted by Gasteiger charge is -2.21. The van der Waals surface area contributed by atoms with Crippen molar-refractivity contribution in [2.75, 3.05) is 25.5 Å². The summed E-state index contributed by atoms with van der Waals surface area (Å²) in [6.07, 6.45) is 4.51. The van der Waals surface area contributed by atoms with Gasteiger partial charge in [0.25, 0.3) is 0 Å². The molecular weight excluding hydrogens is 268 g/mol. The number of esters is 1. The van der Waals surface area contributed by atoms with Gasteiger partial charge in [0.15, 0.2) is 0 Å². The van der Waals surface area contributed by atoms with E-state index < -0.39 is 0 Å². The fraction of sp³-hybridized carbons (Fsp3) is 0.500. The second-order valence-electron chi connectivity index (χ2n) is 5.35. The van der Waals surface area contributed by atoms with Crippen LogP contribution in [0.1, 0.15) is 41.6 Å². The van der Waals surface area contributed by atoms with E-state index in [1.165, 1.54) is 20.0 Å². The second-order valence-corrected chi connectivity index (χ2v) is 5.35. The van der Waals surface area contributed by atoms with Crippen LogP contribution in [0.25, 0.3) is 0 Å². The Labute approximate surface area is 125 Å². The van der Waals surface area contributed by atoms with E-state index in [2.05, 4.69) is 10.1 Å². The van der Waals surface area contributed by atoms with Gasteiger partial charge in [-0.15, -0.1) is 0 Å². The molecule has 5 heteroatoms. The van der Waals surface area contributed by atoms with Gasteiger partial charge in [0, 0.05) is 18.8 Å². The molecule has 1 saturated heterocycles. The Morgan fingerprint density at radius 1 is 1.14 bits per heavy atom. The van der Waals surface area contributed by atoms with Gasteiger partial charge in [0.05, 0.1) is 12.7 Å². The molecule has 0 aliphatic carbocycles. The van der Waals surface area contributed by atoms with Crippen LogP contribution in [0.2, 0.25) is 0 Å². The first-order valence-corrected chi connectivity index (χ1v) is 7.36. The Kier molecular flexibility index (Phi) is 5.20. The van der Waals surface area contributed by atoms with E-state index in [1.807, 2.05) is 11.8 Å². The van der Waals surface area contributed by atoms with Crippen molar-refractivity contribution in [2.45, 2.75) is 32.6 Å². The molecule has 2 rings (SSSR count). The summed E-state index contributed by atoms with van der Waals surface area (Å²) in [4.78, 5) is 25.6. The normalized spacial score (nSPS) is 15.2. The summed E-state index contributed by atoms with van der Waals surface area (Å²) in [6, 6.07) is 5.07. The number of urea groups is 1. The van der Waals surface area contributed by atoms with Crippen LogP contribution in [0.15, 0.2) is 18.2 Å². The highest BCUT2D eigenvalue weighted by atomic mass is 16.5. The van der Waals surface area contributed by atoms with Gasteiger partial charge >= 0.3 is 12.0 Å². The van der Waals surface area contributed by atoms with Crippen LogP contribution in [-0.4, -0.2) is 37.1 Å². The number of hydrogen-bond acceptors (Lipinski definition) is 3. The Morgan fingerprint density at radius 2 is 1.81 bits per heavy atom. The predicted molar refractivity (Wildman–Crippen MR) is 81.6 cm³/mol. The highest BCUT2D eigenvalue weighted by Crippen LogP contribution is 2.18. The zero-order valence-corrected chi connectivity index (χ0v) is 12.6. The van der Waals surface area contributed by atoms with Crippen molar-refractivity contribution >= 4 is 17.7 Å². The largest absolute Gasteiger partial charge is 0.465 e. The van der Waals surface area contributed by atoms with E-state index >= 15 is 0 Å². The molecule has 5 nitrogen and oxygen atoms in total. The van der Waals surface area contributed by atoms with E-state index in [9.17, 15) is 9.59 Å². The van der Waals surface area contributed by atoms with Crippen molar-refractivity contribution in [1.29, 1.82) is 0 Å². The summed E-state index contributed by atoms with van der Waals surface area (Å²) in [5, 5.41) is 2.93. The lowest BCUT2D eigenvalue weighted by Crippen LogP contribution is -2.35. The van der Waals surface area contributed by atoms with Gasteiger partial charge in [-0.3, -0.25) is 0 Å². The summed E-state index contributed by atoms with van der Waals surface area (Å²) in [5.74, 6) is -0.372.